The third kappa shape index (κ3) is 3.30. The van der Waals surface area contributed by atoms with Gasteiger partial charge in [-0.1, -0.05) is 23.7 Å². The van der Waals surface area contributed by atoms with Gasteiger partial charge >= 0.3 is 0 Å². The third-order valence-electron chi connectivity index (χ3n) is 2.70. The van der Waals surface area contributed by atoms with Crippen molar-refractivity contribution in [3.05, 3.63) is 53.1 Å². The van der Waals surface area contributed by atoms with Crippen LogP contribution in [0.4, 0.5) is 0 Å². The molecule has 0 heterocycles. The lowest BCUT2D eigenvalue weighted by Crippen LogP contribution is -1.98. The standard InChI is InChI=1S/C14H13ClO4S/c1-20(17,18)11-5-2-4-10(8-11)19-14-7-3-6-13(15)12(14)9-16/h2-8,16H,9H2,1H3. The monoisotopic (exact) mass is 312 g/mol. The van der Waals surface area contributed by atoms with Crippen molar-refractivity contribution in [3.8, 4) is 11.5 Å². The maximum absolute atomic E-state index is 11.5. The molecule has 0 amide bonds. The van der Waals surface area contributed by atoms with Gasteiger partial charge in [0, 0.05) is 16.8 Å². The first-order valence-corrected chi connectivity index (χ1v) is 8.05. The summed E-state index contributed by atoms with van der Waals surface area (Å²) < 4.78 is 28.6. The Balaban J connectivity index is 2.38. The molecule has 1 N–H and O–H groups in total. The van der Waals surface area contributed by atoms with Crippen LogP contribution in [0.5, 0.6) is 11.5 Å². The first-order chi connectivity index (χ1) is 9.41. The highest BCUT2D eigenvalue weighted by atomic mass is 35.5. The molecule has 2 aromatic rings. The molecule has 6 heteroatoms. The lowest BCUT2D eigenvalue weighted by Gasteiger charge is -2.11. The summed E-state index contributed by atoms with van der Waals surface area (Å²) in [7, 11) is -3.30. The van der Waals surface area contributed by atoms with Gasteiger partial charge < -0.3 is 9.84 Å². The number of rotatable bonds is 4. The molecule has 20 heavy (non-hydrogen) atoms. The zero-order chi connectivity index (χ0) is 14.8. The fourth-order valence-electron chi connectivity index (χ4n) is 1.68. The van der Waals surface area contributed by atoms with Crippen molar-refractivity contribution < 1.29 is 18.3 Å². The molecular weight excluding hydrogens is 300 g/mol. The number of aliphatic hydroxyl groups is 1. The Morgan fingerprint density at radius 3 is 2.55 bits per heavy atom. The van der Waals surface area contributed by atoms with Gasteiger partial charge in [0.15, 0.2) is 9.84 Å². The van der Waals surface area contributed by atoms with Gasteiger partial charge in [0.05, 0.1) is 11.5 Å². The van der Waals surface area contributed by atoms with Crippen molar-refractivity contribution in [3.63, 3.8) is 0 Å². The summed E-state index contributed by atoms with van der Waals surface area (Å²) in [6, 6.07) is 11.1. The molecule has 0 fully saturated rings. The second-order valence-corrected chi connectivity index (χ2v) is 6.65. The van der Waals surface area contributed by atoms with Crippen LogP contribution in [0.2, 0.25) is 5.02 Å². The van der Waals surface area contributed by atoms with Crippen LogP contribution in [-0.4, -0.2) is 19.8 Å². The van der Waals surface area contributed by atoms with E-state index in [0.29, 0.717) is 22.1 Å². The third-order valence-corrected chi connectivity index (χ3v) is 4.16. The van der Waals surface area contributed by atoms with Gasteiger partial charge in [-0.05, 0) is 30.3 Å². The van der Waals surface area contributed by atoms with E-state index in [4.69, 9.17) is 16.3 Å². The van der Waals surface area contributed by atoms with Crippen LogP contribution >= 0.6 is 11.6 Å². The zero-order valence-electron chi connectivity index (χ0n) is 10.7. The van der Waals surface area contributed by atoms with Crippen LogP contribution in [0.15, 0.2) is 47.4 Å². The van der Waals surface area contributed by atoms with Crippen LogP contribution in [0.3, 0.4) is 0 Å². The van der Waals surface area contributed by atoms with Crippen molar-refractivity contribution in [1.29, 1.82) is 0 Å². The number of halogens is 1. The van der Waals surface area contributed by atoms with Crippen LogP contribution in [-0.2, 0) is 16.4 Å². The summed E-state index contributed by atoms with van der Waals surface area (Å²) in [4.78, 5) is 0.169. The molecule has 0 radical (unpaired) electrons. The molecule has 0 aromatic heterocycles. The Hall–Kier alpha value is -1.56. The zero-order valence-corrected chi connectivity index (χ0v) is 12.3. The maximum atomic E-state index is 11.5. The van der Waals surface area contributed by atoms with Gasteiger partial charge in [-0.3, -0.25) is 0 Å². The smallest absolute Gasteiger partial charge is 0.175 e. The predicted molar refractivity (Wildman–Crippen MR) is 77.0 cm³/mol. The molecule has 0 aliphatic heterocycles. The van der Waals surface area contributed by atoms with Gasteiger partial charge in [0.2, 0.25) is 0 Å². The summed E-state index contributed by atoms with van der Waals surface area (Å²) in [6.07, 6.45) is 1.13. The fourth-order valence-corrected chi connectivity index (χ4v) is 2.56. The first kappa shape index (κ1) is 14.8. The summed E-state index contributed by atoms with van der Waals surface area (Å²) in [5.74, 6) is 0.760. The predicted octanol–water partition coefficient (Wildman–Crippen LogP) is 3.03. The molecule has 0 spiro atoms. The Kier molecular flexibility index (Phi) is 4.32. The highest BCUT2D eigenvalue weighted by Gasteiger charge is 2.11. The summed E-state index contributed by atoms with van der Waals surface area (Å²) >= 11 is 5.96. The Morgan fingerprint density at radius 2 is 1.90 bits per heavy atom. The highest BCUT2D eigenvalue weighted by Crippen LogP contribution is 2.31. The largest absolute Gasteiger partial charge is 0.457 e. The maximum Gasteiger partial charge on any atom is 0.175 e. The summed E-state index contributed by atoms with van der Waals surface area (Å²) in [5.41, 5.74) is 0.457. The first-order valence-electron chi connectivity index (χ1n) is 5.78. The number of hydrogen-bond donors (Lipinski definition) is 1. The summed E-state index contributed by atoms with van der Waals surface area (Å²) in [6.45, 7) is -0.263. The molecule has 2 rings (SSSR count). The number of sulfone groups is 1. The van der Waals surface area contributed by atoms with Crippen LogP contribution in [0, 0.1) is 0 Å². The van der Waals surface area contributed by atoms with Gasteiger partial charge in [-0.2, -0.15) is 0 Å². The minimum Gasteiger partial charge on any atom is -0.457 e. The average molecular weight is 313 g/mol. The Labute approximate surface area is 122 Å². The SMILES string of the molecule is CS(=O)(=O)c1cccc(Oc2cccc(Cl)c2CO)c1. The lowest BCUT2D eigenvalue weighted by molar-refractivity contribution is 0.276. The number of ether oxygens (including phenoxy) is 1. The van der Waals surface area contributed by atoms with Crippen molar-refractivity contribution in [2.45, 2.75) is 11.5 Å². The van der Waals surface area contributed by atoms with E-state index in [2.05, 4.69) is 0 Å². The molecule has 4 nitrogen and oxygen atoms in total. The molecule has 0 unspecified atom stereocenters. The average Bonchev–Trinajstić information content (AvgIpc) is 2.38. The Morgan fingerprint density at radius 1 is 1.20 bits per heavy atom. The Bertz CT molecular complexity index is 726. The van der Waals surface area contributed by atoms with E-state index in [1.165, 1.54) is 12.1 Å². The van der Waals surface area contributed by atoms with Gasteiger partial charge in [-0.15, -0.1) is 0 Å². The van der Waals surface area contributed by atoms with Gasteiger partial charge in [0.1, 0.15) is 11.5 Å². The molecular formula is C14H13ClO4S. The number of aliphatic hydroxyl groups excluding tert-OH is 1. The minimum atomic E-state index is -3.30. The number of benzene rings is 2. The summed E-state index contributed by atoms with van der Waals surface area (Å²) in [5, 5.41) is 9.69. The molecule has 2 aromatic carbocycles. The molecule has 0 aliphatic carbocycles. The highest BCUT2D eigenvalue weighted by molar-refractivity contribution is 7.90. The van der Waals surface area contributed by atoms with Crippen LogP contribution < -0.4 is 4.74 Å². The van der Waals surface area contributed by atoms with Crippen LogP contribution in [0.25, 0.3) is 0 Å². The number of hydrogen-bond acceptors (Lipinski definition) is 4. The second-order valence-electron chi connectivity index (χ2n) is 4.22. The normalized spacial score (nSPS) is 11.3. The molecule has 0 saturated heterocycles. The molecule has 106 valence electrons. The molecule has 0 aliphatic rings. The molecule has 0 atom stereocenters. The van der Waals surface area contributed by atoms with Gasteiger partial charge in [0.25, 0.3) is 0 Å². The fraction of sp³-hybridized carbons (Fsp3) is 0.143. The van der Waals surface area contributed by atoms with E-state index in [0.717, 1.165) is 6.26 Å². The van der Waals surface area contributed by atoms with E-state index < -0.39 is 9.84 Å². The molecule has 0 saturated carbocycles. The van der Waals surface area contributed by atoms with Crippen LogP contribution in [0.1, 0.15) is 5.56 Å². The van der Waals surface area contributed by atoms with Crippen molar-refractivity contribution >= 4 is 21.4 Å². The quantitative estimate of drug-likeness (QED) is 0.942. The van der Waals surface area contributed by atoms with Crippen molar-refractivity contribution in [2.75, 3.05) is 6.26 Å². The van der Waals surface area contributed by atoms with Crippen molar-refractivity contribution in [2.24, 2.45) is 0 Å². The van der Waals surface area contributed by atoms with E-state index in [-0.39, 0.29) is 11.5 Å². The lowest BCUT2D eigenvalue weighted by atomic mass is 10.2. The minimum absolute atomic E-state index is 0.169. The van der Waals surface area contributed by atoms with E-state index in [9.17, 15) is 13.5 Å². The van der Waals surface area contributed by atoms with E-state index in [1.54, 1.807) is 30.3 Å². The van der Waals surface area contributed by atoms with E-state index >= 15 is 0 Å². The van der Waals surface area contributed by atoms with E-state index in [1.807, 2.05) is 0 Å². The molecule has 0 bridgehead atoms. The topological polar surface area (TPSA) is 63.6 Å². The second kappa shape index (κ2) is 5.83. The van der Waals surface area contributed by atoms with Gasteiger partial charge in [-0.25, -0.2) is 8.42 Å². The van der Waals surface area contributed by atoms with Crippen molar-refractivity contribution in [1.82, 2.24) is 0 Å².